The number of rotatable bonds is 4. The summed E-state index contributed by atoms with van der Waals surface area (Å²) in [5, 5.41) is 5.10. The molecule has 2 N–H and O–H groups in total. The molecule has 6 heteroatoms. The predicted octanol–water partition coefficient (Wildman–Crippen LogP) is 3.73. The van der Waals surface area contributed by atoms with Gasteiger partial charge >= 0.3 is 11.8 Å². The van der Waals surface area contributed by atoms with Crippen LogP contribution in [-0.2, 0) is 9.59 Å². The summed E-state index contributed by atoms with van der Waals surface area (Å²) < 4.78 is 6.18. The number of nitrogens with one attached hydrogen (secondary N) is 2. The van der Waals surface area contributed by atoms with Gasteiger partial charge in [-0.2, -0.15) is 0 Å². The molecule has 2 aromatic carbocycles. The van der Waals surface area contributed by atoms with Gasteiger partial charge in [-0.05, 0) is 55.8 Å². The molecule has 0 unspecified atom stereocenters. The van der Waals surface area contributed by atoms with E-state index in [9.17, 15) is 9.59 Å². The highest BCUT2D eigenvalue weighted by molar-refractivity contribution is 9.10. The first-order valence-corrected chi connectivity index (χ1v) is 7.90. The second kappa shape index (κ2) is 7.78. The van der Waals surface area contributed by atoms with Crippen molar-refractivity contribution in [1.82, 2.24) is 0 Å². The van der Waals surface area contributed by atoms with Crippen LogP contribution in [0.5, 0.6) is 5.75 Å². The van der Waals surface area contributed by atoms with Crippen molar-refractivity contribution in [2.24, 2.45) is 0 Å². The van der Waals surface area contributed by atoms with Crippen LogP contribution in [0.25, 0.3) is 0 Å². The lowest BCUT2D eigenvalue weighted by molar-refractivity contribution is -0.132. The van der Waals surface area contributed by atoms with Crippen molar-refractivity contribution in [1.29, 1.82) is 0 Å². The van der Waals surface area contributed by atoms with Gasteiger partial charge in [0.1, 0.15) is 5.75 Å². The molecule has 0 radical (unpaired) electrons. The number of hydrogen-bond acceptors (Lipinski definition) is 3. The molecule has 0 aromatic heterocycles. The number of ether oxygens (including phenoxy) is 1. The third-order valence-electron chi connectivity index (χ3n) is 3.06. The van der Waals surface area contributed by atoms with Gasteiger partial charge in [0, 0.05) is 15.8 Å². The topological polar surface area (TPSA) is 67.4 Å². The molecule has 0 fully saturated rings. The highest BCUT2D eigenvalue weighted by Crippen LogP contribution is 2.20. The lowest BCUT2D eigenvalue weighted by Crippen LogP contribution is -2.29. The van der Waals surface area contributed by atoms with E-state index in [2.05, 4.69) is 26.6 Å². The molecule has 5 nitrogen and oxygen atoms in total. The van der Waals surface area contributed by atoms with E-state index in [1.54, 1.807) is 36.4 Å². The van der Waals surface area contributed by atoms with Gasteiger partial charge in [0.05, 0.1) is 6.61 Å². The largest absolute Gasteiger partial charge is 0.494 e. The van der Waals surface area contributed by atoms with Crippen molar-refractivity contribution in [3.8, 4) is 5.75 Å². The molecule has 0 saturated carbocycles. The molecule has 0 saturated heterocycles. The van der Waals surface area contributed by atoms with E-state index in [-0.39, 0.29) is 0 Å². The molecular formula is C17H17BrN2O3. The molecule has 0 aliphatic carbocycles. The lowest BCUT2D eigenvalue weighted by atomic mass is 10.2. The first-order chi connectivity index (χ1) is 11.0. The van der Waals surface area contributed by atoms with Gasteiger partial charge in [0.2, 0.25) is 0 Å². The van der Waals surface area contributed by atoms with Crippen LogP contribution in [-0.4, -0.2) is 18.4 Å². The Morgan fingerprint density at radius 1 is 1.00 bits per heavy atom. The standard InChI is InChI=1S/C17H17BrN2O3/c1-3-23-14-8-6-12(7-9-14)19-16(21)17(22)20-13-5-4-11(2)15(18)10-13/h4-10H,3H2,1-2H3,(H,19,21)(H,20,22). The minimum atomic E-state index is -0.731. The highest BCUT2D eigenvalue weighted by Gasteiger charge is 2.14. The number of amides is 2. The zero-order chi connectivity index (χ0) is 16.8. The summed E-state index contributed by atoms with van der Waals surface area (Å²) in [5.41, 5.74) is 2.12. The number of anilines is 2. The van der Waals surface area contributed by atoms with Crippen LogP contribution in [0, 0.1) is 6.92 Å². The number of halogens is 1. The maximum absolute atomic E-state index is 11.9. The van der Waals surface area contributed by atoms with Crippen LogP contribution in [0.3, 0.4) is 0 Å². The molecule has 0 bridgehead atoms. The lowest BCUT2D eigenvalue weighted by Gasteiger charge is -2.08. The fourth-order valence-electron chi connectivity index (χ4n) is 1.85. The van der Waals surface area contributed by atoms with Crippen LogP contribution in [0.4, 0.5) is 11.4 Å². The molecule has 0 aliphatic rings. The molecule has 2 rings (SSSR count). The average Bonchev–Trinajstić information content (AvgIpc) is 2.53. The van der Waals surface area contributed by atoms with E-state index in [4.69, 9.17) is 4.74 Å². The Morgan fingerprint density at radius 2 is 1.57 bits per heavy atom. The molecule has 0 heterocycles. The van der Waals surface area contributed by atoms with Crippen LogP contribution >= 0.6 is 15.9 Å². The molecule has 120 valence electrons. The summed E-state index contributed by atoms with van der Waals surface area (Å²) in [5.74, 6) is -0.750. The summed E-state index contributed by atoms with van der Waals surface area (Å²) in [6, 6.07) is 12.2. The Balaban J connectivity index is 1.96. The van der Waals surface area contributed by atoms with Gasteiger partial charge in [0.15, 0.2) is 0 Å². The van der Waals surface area contributed by atoms with Gasteiger partial charge in [-0.25, -0.2) is 0 Å². The fourth-order valence-corrected chi connectivity index (χ4v) is 2.23. The summed E-state index contributed by atoms with van der Waals surface area (Å²) >= 11 is 3.38. The van der Waals surface area contributed by atoms with Crippen LogP contribution in [0.1, 0.15) is 12.5 Å². The third kappa shape index (κ3) is 4.82. The van der Waals surface area contributed by atoms with Crippen molar-refractivity contribution in [2.45, 2.75) is 13.8 Å². The fraction of sp³-hybridized carbons (Fsp3) is 0.176. The quantitative estimate of drug-likeness (QED) is 0.798. The maximum Gasteiger partial charge on any atom is 0.314 e. The molecule has 0 spiro atoms. The monoisotopic (exact) mass is 376 g/mol. The number of carbonyl (C=O) groups is 2. The Bertz CT molecular complexity index is 714. The normalized spacial score (nSPS) is 10.0. The van der Waals surface area contributed by atoms with Gasteiger partial charge in [-0.1, -0.05) is 22.0 Å². The van der Waals surface area contributed by atoms with Gasteiger partial charge in [0.25, 0.3) is 0 Å². The first kappa shape index (κ1) is 17.0. The van der Waals surface area contributed by atoms with Crippen LogP contribution < -0.4 is 15.4 Å². The Hall–Kier alpha value is -2.34. The van der Waals surface area contributed by atoms with Crippen LogP contribution in [0.2, 0.25) is 0 Å². The van der Waals surface area contributed by atoms with E-state index in [0.717, 1.165) is 10.0 Å². The van der Waals surface area contributed by atoms with Crippen LogP contribution in [0.15, 0.2) is 46.9 Å². The zero-order valence-electron chi connectivity index (χ0n) is 12.9. The Kier molecular flexibility index (Phi) is 5.76. The van der Waals surface area contributed by atoms with E-state index in [1.165, 1.54) is 0 Å². The molecule has 0 aliphatic heterocycles. The molecule has 0 atom stereocenters. The molecule has 2 amide bonds. The number of aryl methyl sites for hydroxylation is 1. The summed E-state index contributed by atoms with van der Waals surface area (Å²) in [7, 11) is 0. The second-order valence-corrected chi connectivity index (χ2v) is 5.68. The minimum absolute atomic E-state index is 0.527. The predicted molar refractivity (Wildman–Crippen MR) is 93.7 cm³/mol. The van der Waals surface area contributed by atoms with E-state index < -0.39 is 11.8 Å². The van der Waals surface area contributed by atoms with Crippen molar-refractivity contribution >= 4 is 39.1 Å². The smallest absolute Gasteiger partial charge is 0.314 e. The summed E-state index contributed by atoms with van der Waals surface area (Å²) in [6.07, 6.45) is 0. The van der Waals surface area contributed by atoms with E-state index in [0.29, 0.717) is 23.7 Å². The van der Waals surface area contributed by atoms with Gasteiger partial charge in [-0.15, -0.1) is 0 Å². The van der Waals surface area contributed by atoms with Crippen molar-refractivity contribution in [3.05, 3.63) is 52.5 Å². The van der Waals surface area contributed by atoms with Gasteiger partial charge < -0.3 is 15.4 Å². The Morgan fingerprint density at radius 3 is 2.13 bits per heavy atom. The molecule has 23 heavy (non-hydrogen) atoms. The van der Waals surface area contributed by atoms with Crippen molar-refractivity contribution < 1.29 is 14.3 Å². The number of carbonyl (C=O) groups excluding carboxylic acids is 2. The van der Waals surface area contributed by atoms with Crippen molar-refractivity contribution in [2.75, 3.05) is 17.2 Å². The van der Waals surface area contributed by atoms with Gasteiger partial charge in [-0.3, -0.25) is 9.59 Å². The van der Waals surface area contributed by atoms with E-state index in [1.807, 2.05) is 19.9 Å². The Labute approximate surface area is 143 Å². The summed E-state index contributed by atoms with van der Waals surface area (Å²) in [6.45, 7) is 4.40. The average molecular weight is 377 g/mol. The SMILES string of the molecule is CCOc1ccc(NC(=O)C(=O)Nc2ccc(C)c(Br)c2)cc1. The van der Waals surface area contributed by atoms with Crippen molar-refractivity contribution in [3.63, 3.8) is 0 Å². The maximum atomic E-state index is 11.9. The third-order valence-corrected chi connectivity index (χ3v) is 3.91. The second-order valence-electron chi connectivity index (χ2n) is 4.83. The summed E-state index contributed by atoms with van der Waals surface area (Å²) in [4.78, 5) is 23.8. The number of hydrogen-bond donors (Lipinski definition) is 2. The van der Waals surface area contributed by atoms with E-state index >= 15 is 0 Å². The molecule has 2 aromatic rings. The molecular weight excluding hydrogens is 360 g/mol. The highest BCUT2D eigenvalue weighted by atomic mass is 79.9. The minimum Gasteiger partial charge on any atom is -0.494 e. The first-order valence-electron chi connectivity index (χ1n) is 7.11. The zero-order valence-corrected chi connectivity index (χ0v) is 14.4. The number of benzene rings is 2.